The minimum absolute atomic E-state index is 0.00753. The smallest absolute Gasteiger partial charge is 0.123 e. The van der Waals surface area contributed by atoms with Crippen molar-refractivity contribution in [3.8, 4) is 0 Å². The summed E-state index contributed by atoms with van der Waals surface area (Å²) in [4.78, 5) is 2.13. The maximum atomic E-state index is 12.9. The summed E-state index contributed by atoms with van der Waals surface area (Å²) in [6.45, 7) is 2.70. The van der Waals surface area contributed by atoms with Gasteiger partial charge in [-0.1, -0.05) is 30.3 Å². The fourth-order valence-corrected chi connectivity index (χ4v) is 2.17. The topological polar surface area (TPSA) is 29.3 Å². The van der Waals surface area contributed by atoms with Gasteiger partial charge in [-0.2, -0.15) is 0 Å². The second kappa shape index (κ2) is 5.85. The van der Waals surface area contributed by atoms with Crippen molar-refractivity contribution >= 4 is 5.69 Å². The molecule has 0 aromatic heterocycles. The lowest BCUT2D eigenvalue weighted by Crippen LogP contribution is -2.20. The Hall–Kier alpha value is -1.87. The first-order chi connectivity index (χ1) is 9.08. The van der Waals surface area contributed by atoms with Crippen molar-refractivity contribution in [2.45, 2.75) is 19.5 Å². The number of hydrogen-bond donors (Lipinski definition) is 1. The molecule has 0 aliphatic rings. The molecule has 0 bridgehead atoms. The standard InChI is InChI=1S/C16H19FN2/c1-12(18)15-5-3-4-6-16(15)19(2)11-13-7-9-14(17)10-8-13/h3-10,12H,11,18H2,1-2H3. The number of para-hydroxylation sites is 1. The van der Waals surface area contributed by atoms with E-state index in [4.69, 9.17) is 5.73 Å². The third-order valence-corrected chi connectivity index (χ3v) is 3.17. The van der Waals surface area contributed by atoms with Crippen LogP contribution < -0.4 is 10.6 Å². The predicted octanol–water partition coefficient (Wildman–Crippen LogP) is 3.48. The Morgan fingerprint density at radius 2 is 1.74 bits per heavy atom. The summed E-state index contributed by atoms with van der Waals surface area (Å²) in [5.74, 6) is -0.206. The van der Waals surface area contributed by atoms with Crippen molar-refractivity contribution in [3.63, 3.8) is 0 Å². The maximum absolute atomic E-state index is 12.9. The van der Waals surface area contributed by atoms with E-state index in [1.54, 1.807) is 12.1 Å². The summed E-state index contributed by atoms with van der Waals surface area (Å²) in [5.41, 5.74) is 9.29. The lowest BCUT2D eigenvalue weighted by Gasteiger charge is -2.24. The van der Waals surface area contributed by atoms with Crippen LogP contribution in [0.25, 0.3) is 0 Å². The van der Waals surface area contributed by atoms with Crippen LogP contribution in [0.2, 0.25) is 0 Å². The van der Waals surface area contributed by atoms with E-state index >= 15 is 0 Å². The van der Waals surface area contributed by atoms with Crippen LogP contribution in [0.4, 0.5) is 10.1 Å². The third kappa shape index (κ3) is 3.32. The zero-order chi connectivity index (χ0) is 13.8. The SMILES string of the molecule is CC(N)c1ccccc1N(C)Cc1ccc(F)cc1. The quantitative estimate of drug-likeness (QED) is 0.909. The summed E-state index contributed by atoms with van der Waals surface area (Å²) < 4.78 is 12.9. The van der Waals surface area contributed by atoms with Crippen LogP contribution in [0.3, 0.4) is 0 Å². The first-order valence-electron chi connectivity index (χ1n) is 6.38. The van der Waals surface area contributed by atoms with E-state index in [-0.39, 0.29) is 11.9 Å². The highest BCUT2D eigenvalue weighted by Gasteiger charge is 2.10. The Balaban J connectivity index is 2.20. The maximum Gasteiger partial charge on any atom is 0.123 e. The van der Waals surface area contributed by atoms with Crippen LogP contribution >= 0.6 is 0 Å². The van der Waals surface area contributed by atoms with Gasteiger partial charge in [-0.15, -0.1) is 0 Å². The monoisotopic (exact) mass is 258 g/mol. The Labute approximate surface area is 113 Å². The van der Waals surface area contributed by atoms with Gasteiger partial charge in [0, 0.05) is 25.3 Å². The molecule has 1 unspecified atom stereocenters. The van der Waals surface area contributed by atoms with Crippen LogP contribution in [-0.2, 0) is 6.54 Å². The van der Waals surface area contributed by atoms with E-state index in [1.165, 1.54) is 12.1 Å². The first-order valence-corrected chi connectivity index (χ1v) is 6.38. The summed E-state index contributed by atoms with van der Waals surface area (Å²) in [5, 5.41) is 0. The molecular weight excluding hydrogens is 239 g/mol. The number of nitrogens with two attached hydrogens (primary N) is 1. The Morgan fingerprint density at radius 1 is 1.11 bits per heavy atom. The molecule has 2 aromatic rings. The highest BCUT2D eigenvalue weighted by atomic mass is 19.1. The molecule has 0 aliphatic carbocycles. The van der Waals surface area contributed by atoms with Gasteiger partial charge in [0.15, 0.2) is 0 Å². The first kappa shape index (κ1) is 13.6. The van der Waals surface area contributed by atoms with E-state index in [9.17, 15) is 4.39 Å². The van der Waals surface area contributed by atoms with Gasteiger partial charge in [0.25, 0.3) is 0 Å². The molecule has 0 aliphatic heterocycles. The average molecular weight is 258 g/mol. The predicted molar refractivity (Wildman–Crippen MR) is 77.6 cm³/mol. The van der Waals surface area contributed by atoms with Gasteiger partial charge in [0.05, 0.1) is 0 Å². The number of nitrogens with zero attached hydrogens (tertiary/aromatic N) is 1. The summed E-state index contributed by atoms with van der Waals surface area (Å²) in [6.07, 6.45) is 0. The van der Waals surface area contributed by atoms with E-state index in [0.29, 0.717) is 0 Å². The number of hydrogen-bond acceptors (Lipinski definition) is 2. The van der Waals surface area contributed by atoms with Gasteiger partial charge in [-0.3, -0.25) is 0 Å². The van der Waals surface area contributed by atoms with Crippen LogP contribution in [0, 0.1) is 5.82 Å². The van der Waals surface area contributed by atoms with Gasteiger partial charge in [-0.05, 0) is 36.2 Å². The number of rotatable bonds is 4. The average Bonchev–Trinajstić information content (AvgIpc) is 2.41. The van der Waals surface area contributed by atoms with Crippen molar-refractivity contribution in [1.29, 1.82) is 0 Å². The summed E-state index contributed by atoms with van der Waals surface area (Å²) in [6, 6.07) is 14.7. The Kier molecular flexibility index (Phi) is 4.17. The number of halogens is 1. The van der Waals surface area contributed by atoms with Crippen molar-refractivity contribution in [2.75, 3.05) is 11.9 Å². The molecule has 1 atom stereocenters. The molecule has 19 heavy (non-hydrogen) atoms. The largest absolute Gasteiger partial charge is 0.370 e. The van der Waals surface area contributed by atoms with Crippen LogP contribution in [0.1, 0.15) is 24.1 Å². The van der Waals surface area contributed by atoms with E-state index in [2.05, 4.69) is 11.0 Å². The summed E-state index contributed by atoms with van der Waals surface area (Å²) in [7, 11) is 2.02. The normalized spacial score (nSPS) is 12.2. The van der Waals surface area contributed by atoms with Crippen molar-refractivity contribution < 1.29 is 4.39 Å². The molecule has 0 heterocycles. The fourth-order valence-electron chi connectivity index (χ4n) is 2.17. The van der Waals surface area contributed by atoms with Crippen LogP contribution in [-0.4, -0.2) is 7.05 Å². The molecule has 100 valence electrons. The molecule has 0 spiro atoms. The molecule has 2 nitrogen and oxygen atoms in total. The van der Waals surface area contributed by atoms with E-state index in [0.717, 1.165) is 23.4 Å². The zero-order valence-electron chi connectivity index (χ0n) is 11.3. The highest BCUT2D eigenvalue weighted by Crippen LogP contribution is 2.25. The molecular formula is C16H19FN2. The molecule has 3 heteroatoms. The second-order valence-corrected chi connectivity index (χ2v) is 4.83. The molecule has 0 saturated heterocycles. The fraction of sp³-hybridized carbons (Fsp3) is 0.250. The van der Waals surface area contributed by atoms with Crippen molar-refractivity contribution in [2.24, 2.45) is 5.73 Å². The summed E-state index contributed by atoms with van der Waals surface area (Å²) >= 11 is 0. The number of anilines is 1. The van der Waals surface area contributed by atoms with Crippen LogP contribution in [0.15, 0.2) is 48.5 Å². The second-order valence-electron chi connectivity index (χ2n) is 4.83. The third-order valence-electron chi connectivity index (χ3n) is 3.17. The van der Waals surface area contributed by atoms with Gasteiger partial charge in [0.1, 0.15) is 5.82 Å². The molecule has 2 aromatic carbocycles. The molecule has 0 fully saturated rings. The zero-order valence-corrected chi connectivity index (χ0v) is 11.3. The van der Waals surface area contributed by atoms with Gasteiger partial charge in [-0.25, -0.2) is 4.39 Å². The highest BCUT2D eigenvalue weighted by molar-refractivity contribution is 5.54. The number of benzene rings is 2. The van der Waals surface area contributed by atoms with Crippen molar-refractivity contribution in [3.05, 3.63) is 65.5 Å². The van der Waals surface area contributed by atoms with Crippen LogP contribution in [0.5, 0.6) is 0 Å². The lowest BCUT2D eigenvalue weighted by molar-refractivity contribution is 0.627. The lowest BCUT2D eigenvalue weighted by atomic mass is 10.1. The van der Waals surface area contributed by atoms with Gasteiger partial charge < -0.3 is 10.6 Å². The Morgan fingerprint density at radius 3 is 2.37 bits per heavy atom. The molecule has 2 N–H and O–H groups in total. The van der Waals surface area contributed by atoms with E-state index < -0.39 is 0 Å². The van der Waals surface area contributed by atoms with Crippen molar-refractivity contribution in [1.82, 2.24) is 0 Å². The minimum atomic E-state index is -0.206. The van der Waals surface area contributed by atoms with E-state index in [1.807, 2.05) is 32.2 Å². The molecule has 0 saturated carbocycles. The minimum Gasteiger partial charge on any atom is -0.370 e. The van der Waals surface area contributed by atoms with Gasteiger partial charge in [0.2, 0.25) is 0 Å². The Bertz CT molecular complexity index is 535. The molecule has 2 rings (SSSR count). The molecule has 0 radical (unpaired) electrons. The molecule has 0 amide bonds. The van der Waals surface area contributed by atoms with Gasteiger partial charge >= 0.3 is 0 Å².